The Morgan fingerprint density at radius 3 is 2.29 bits per heavy atom. The lowest BCUT2D eigenvalue weighted by Crippen LogP contribution is -2.35. The number of benzene rings is 1. The minimum absolute atomic E-state index is 0.420. The number of nitrogen functional groups attached to an aromatic ring is 1. The summed E-state index contributed by atoms with van der Waals surface area (Å²) in [4.78, 5) is 0. The average Bonchev–Trinajstić information content (AvgIpc) is 2.30. The van der Waals surface area contributed by atoms with Crippen molar-refractivity contribution in [1.29, 1.82) is 0 Å². The van der Waals surface area contributed by atoms with Gasteiger partial charge < -0.3 is 5.73 Å². The molecule has 0 spiro atoms. The highest BCUT2D eigenvalue weighted by molar-refractivity contribution is 7.89. The van der Waals surface area contributed by atoms with E-state index in [1.807, 2.05) is 19.1 Å². The van der Waals surface area contributed by atoms with E-state index in [9.17, 15) is 8.42 Å². The van der Waals surface area contributed by atoms with Crippen LogP contribution in [-0.4, -0.2) is 31.6 Å². The molecule has 17 heavy (non-hydrogen) atoms. The van der Waals surface area contributed by atoms with Crippen LogP contribution in [0.3, 0.4) is 0 Å². The highest BCUT2D eigenvalue weighted by Crippen LogP contribution is 2.14. The Labute approximate surface area is 103 Å². The van der Waals surface area contributed by atoms with Crippen LogP contribution in [0.1, 0.15) is 19.4 Å². The third-order valence-corrected chi connectivity index (χ3v) is 5.20. The summed E-state index contributed by atoms with van der Waals surface area (Å²) in [6, 6.07) is 7.32. The maximum absolute atomic E-state index is 12.0. The summed E-state index contributed by atoms with van der Waals surface area (Å²) in [7, 11) is -1.59. The van der Waals surface area contributed by atoms with E-state index < -0.39 is 15.3 Å². The van der Waals surface area contributed by atoms with Gasteiger partial charge in [0.15, 0.2) is 0 Å². The van der Waals surface area contributed by atoms with Crippen LogP contribution in [0.5, 0.6) is 0 Å². The molecule has 0 aromatic heterocycles. The van der Waals surface area contributed by atoms with E-state index in [0.717, 1.165) is 5.56 Å². The van der Waals surface area contributed by atoms with Crippen LogP contribution in [0, 0.1) is 0 Å². The molecular weight excluding hydrogens is 236 g/mol. The summed E-state index contributed by atoms with van der Waals surface area (Å²) < 4.78 is 25.5. The lowest BCUT2D eigenvalue weighted by atomic mass is 10.1. The van der Waals surface area contributed by atoms with Crippen LogP contribution in [0.15, 0.2) is 24.3 Å². The van der Waals surface area contributed by atoms with Gasteiger partial charge in [-0.25, -0.2) is 12.7 Å². The van der Waals surface area contributed by atoms with E-state index in [2.05, 4.69) is 0 Å². The van der Waals surface area contributed by atoms with E-state index in [0.29, 0.717) is 18.7 Å². The number of rotatable bonds is 5. The number of nitrogens with zero attached hydrogens (tertiary/aromatic N) is 1. The molecule has 0 saturated carbocycles. The van der Waals surface area contributed by atoms with Gasteiger partial charge in [0.1, 0.15) is 0 Å². The van der Waals surface area contributed by atoms with Crippen LogP contribution < -0.4 is 5.73 Å². The Morgan fingerprint density at radius 2 is 1.82 bits per heavy atom. The first kappa shape index (κ1) is 14.0. The number of hydrogen-bond donors (Lipinski definition) is 1. The SMILES string of the molecule is CCN(C)S(=O)(=O)C(C)Cc1ccc(N)cc1. The number of nitrogens with two attached hydrogens (primary N) is 1. The third kappa shape index (κ3) is 3.44. The molecule has 1 unspecified atom stereocenters. The number of hydrogen-bond acceptors (Lipinski definition) is 3. The molecule has 0 saturated heterocycles. The predicted molar refractivity (Wildman–Crippen MR) is 71.2 cm³/mol. The van der Waals surface area contributed by atoms with Gasteiger partial charge in [-0.15, -0.1) is 0 Å². The first-order chi connectivity index (χ1) is 7.87. The zero-order valence-corrected chi connectivity index (χ0v) is 11.4. The van der Waals surface area contributed by atoms with Gasteiger partial charge in [0.2, 0.25) is 10.0 Å². The molecule has 0 radical (unpaired) electrons. The largest absolute Gasteiger partial charge is 0.399 e. The Hall–Kier alpha value is -1.07. The third-order valence-electron chi connectivity index (χ3n) is 2.89. The molecule has 1 aromatic carbocycles. The molecule has 2 N–H and O–H groups in total. The lowest BCUT2D eigenvalue weighted by molar-refractivity contribution is 0.475. The molecule has 0 fully saturated rings. The van der Waals surface area contributed by atoms with Gasteiger partial charge in [-0.05, 0) is 31.0 Å². The van der Waals surface area contributed by atoms with Gasteiger partial charge in [0, 0.05) is 19.3 Å². The van der Waals surface area contributed by atoms with Gasteiger partial charge in [0.25, 0.3) is 0 Å². The molecule has 1 atom stereocenters. The minimum Gasteiger partial charge on any atom is -0.399 e. The Bertz CT molecular complexity index is 454. The van der Waals surface area contributed by atoms with Gasteiger partial charge >= 0.3 is 0 Å². The molecule has 0 aliphatic heterocycles. The molecule has 4 nitrogen and oxygen atoms in total. The van der Waals surface area contributed by atoms with Crippen molar-refractivity contribution in [2.75, 3.05) is 19.3 Å². The second-order valence-corrected chi connectivity index (χ2v) is 6.67. The van der Waals surface area contributed by atoms with E-state index in [4.69, 9.17) is 5.73 Å². The normalized spacial score (nSPS) is 13.9. The second-order valence-electron chi connectivity index (χ2n) is 4.22. The summed E-state index contributed by atoms with van der Waals surface area (Å²) in [5.41, 5.74) is 7.26. The highest BCUT2D eigenvalue weighted by atomic mass is 32.2. The van der Waals surface area contributed by atoms with E-state index in [1.165, 1.54) is 4.31 Å². The summed E-state index contributed by atoms with van der Waals surface area (Å²) in [5.74, 6) is 0. The van der Waals surface area contributed by atoms with Crippen molar-refractivity contribution in [3.05, 3.63) is 29.8 Å². The topological polar surface area (TPSA) is 63.4 Å². The lowest BCUT2D eigenvalue weighted by Gasteiger charge is -2.20. The Morgan fingerprint density at radius 1 is 1.29 bits per heavy atom. The van der Waals surface area contributed by atoms with Gasteiger partial charge in [-0.2, -0.15) is 0 Å². The van der Waals surface area contributed by atoms with Gasteiger partial charge in [-0.1, -0.05) is 19.1 Å². The molecular formula is C12H20N2O2S. The van der Waals surface area contributed by atoms with Crippen molar-refractivity contribution in [3.8, 4) is 0 Å². The van der Waals surface area contributed by atoms with E-state index in [1.54, 1.807) is 26.1 Å². The fourth-order valence-electron chi connectivity index (χ4n) is 1.58. The maximum atomic E-state index is 12.0. The van der Waals surface area contributed by atoms with Crippen molar-refractivity contribution in [3.63, 3.8) is 0 Å². The molecule has 0 heterocycles. The second kappa shape index (κ2) is 5.51. The molecule has 0 bridgehead atoms. The van der Waals surface area contributed by atoms with Crippen molar-refractivity contribution in [2.45, 2.75) is 25.5 Å². The summed E-state index contributed by atoms with van der Waals surface area (Å²) >= 11 is 0. The van der Waals surface area contributed by atoms with Crippen LogP contribution in [0.2, 0.25) is 0 Å². The van der Waals surface area contributed by atoms with Crippen molar-refractivity contribution in [2.24, 2.45) is 0 Å². The molecule has 0 aliphatic rings. The zero-order valence-electron chi connectivity index (χ0n) is 10.6. The van der Waals surface area contributed by atoms with Crippen LogP contribution in [0.4, 0.5) is 5.69 Å². The van der Waals surface area contributed by atoms with Crippen molar-refractivity contribution < 1.29 is 8.42 Å². The van der Waals surface area contributed by atoms with Crippen LogP contribution in [0.25, 0.3) is 0 Å². The van der Waals surface area contributed by atoms with Gasteiger partial charge in [0.05, 0.1) is 5.25 Å². The highest BCUT2D eigenvalue weighted by Gasteiger charge is 2.24. The van der Waals surface area contributed by atoms with Gasteiger partial charge in [-0.3, -0.25) is 0 Å². The summed E-state index contributed by atoms with van der Waals surface area (Å²) in [6.45, 7) is 4.06. The smallest absolute Gasteiger partial charge is 0.216 e. The molecule has 0 amide bonds. The average molecular weight is 256 g/mol. The maximum Gasteiger partial charge on any atom is 0.216 e. The fraction of sp³-hybridized carbons (Fsp3) is 0.500. The molecule has 1 rings (SSSR count). The fourth-order valence-corrected chi connectivity index (χ4v) is 2.96. The molecule has 1 aromatic rings. The minimum atomic E-state index is -3.20. The monoisotopic (exact) mass is 256 g/mol. The van der Waals surface area contributed by atoms with Crippen molar-refractivity contribution in [1.82, 2.24) is 4.31 Å². The van der Waals surface area contributed by atoms with Crippen LogP contribution >= 0.6 is 0 Å². The molecule has 96 valence electrons. The zero-order chi connectivity index (χ0) is 13.1. The quantitative estimate of drug-likeness (QED) is 0.812. The van der Waals surface area contributed by atoms with E-state index >= 15 is 0 Å². The number of sulfonamides is 1. The number of anilines is 1. The summed E-state index contributed by atoms with van der Waals surface area (Å²) in [5, 5.41) is -0.420. The first-order valence-corrected chi connectivity index (χ1v) is 7.17. The summed E-state index contributed by atoms with van der Waals surface area (Å²) in [6.07, 6.45) is 0.507. The predicted octanol–water partition coefficient (Wildman–Crippen LogP) is 1.48. The van der Waals surface area contributed by atoms with Crippen molar-refractivity contribution >= 4 is 15.7 Å². The molecule has 0 aliphatic carbocycles. The Kier molecular flexibility index (Phi) is 4.54. The molecule has 5 heteroatoms. The van der Waals surface area contributed by atoms with Crippen LogP contribution in [-0.2, 0) is 16.4 Å². The Balaban J connectivity index is 2.79. The van der Waals surface area contributed by atoms with E-state index in [-0.39, 0.29) is 0 Å². The first-order valence-electron chi connectivity index (χ1n) is 5.67. The standard InChI is InChI=1S/C12H20N2O2S/c1-4-14(3)17(15,16)10(2)9-11-5-7-12(13)8-6-11/h5-8,10H,4,9,13H2,1-3H3.